The third kappa shape index (κ3) is 4.36. The van der Waals surface area contributed by atoms with Crippen molar-refractivity contribution in [3.05, 3.63) is 59.2 Å². The van der Waals surface area contributed by atoms with Gasteiger partial charge < -0.3 is 4.74 Å². The van der Waals surface area contributed by atoms with Gasteiger partial charge in [0.15, 0.2) is 0 Å². The van der Waals surface area contributed by atoms with Gasteiger partial charge in [0.1, 0.15) is 11.5 Å². The highest BCUT2D eigenvalue weighted by Crippen LogP contribution is 2.34. The van der Waals surface area contributed by atoms with Gasteiger partial charge >= 0.3 is 0 Å². The van der Waals surface area contributed by atoms with Crippen LogP contribution in [-0.4, -0.2) is 0 Å². The standard InChI is InChI=1S/C21H25NO/c1-20(2,3)16-11-17(21(4,5)6)13-19(12-16)23-18-9-7-15(14-22)8-10-18/h7-13H,1-6H3. The van der Waals surface area contributed by atoms with E-state index in [1.54, 1.807) is 12.1 Å². The third-order valence-electron chi connectivity index (χ3n) is 3.86. The van der Waals surface area contributed by atoms with Crippen molar-refractivity contribution in [3.8, 4) is 17.6 Å². The predicted molar refractivity (Wildman–Crippen MR) is 95.1 cm³/mol. The Balaban J connectivity index is 2.42. The minimum Gasteiger partial charge on any atom is -0.457 e. The Morgan fingerprint density at radius 1 is 0.739 bits per heavy atom. The second-order valence-corrected chi connectivity index (χ2v) is 7.98. The molecule has 0 amide bonds. The molecular formula is C21H25NO. The molecule has 0 saturated carbocycles. The van der Waals surface area contributed by atoms with Crippen LogP contribution in [0.1, 0.15) is 58.2 Å². The molecule has 0 radical (unpaired) electrons. The maximum atomic E-state index is 8.88. The second kappa shape index (κ2) is 6.08. The molecule has 0 aliphatic carbocycles. The molecule has 2 rings (SSSR count). The van der Waals surface area contributed by atoms with E-state index in [0.717, 1.165) is 11.5 Å². The molecule has 0 atom stereocenters. The van der Waals surface area contributed by atoms with E-state index in [2.05, 4.69) is 65.8 Å². The molecule has 2 heteroatoms. The Morgan fingerprint density at radius 2 is 1.22 bits per heavy atom. The number of rotatable bonds is 2. The van der Waals surface area contributed by atoms with E-state index in [0.29, 0.717) is 5.56 Å². The van der Waals surface area contributed by atoms with Gasteiger partial charge in [-0.3, -0.25) is 0 Å². The summed E-state index contributed by atoms with van der Waals surface area (Å²) in [6, 6.07) is 15.8. The number of hydrogen-bond acceptors (Lipinski definition) is 2. The van der Waals surface area contributed by atoms with Gasteiger partial charge in [0.2, 0.25) is 0 Å². The maximum absolute atomic E-state index is 8.88. The third-order valence-corrected chi connectivity index (χ3v) is 3.86. The molecule has 0 aliphatic heterocycles. The summed E-state index contributed by atoms with van der Waals surface area (Å²) in [6.07, 6.45) is 0. The lowest BCUT2D eigenvalue weighted by Crippen LogP contribution is -2.16. The Labute approximate surface area is 139 Å². The zero-order chi connectivity index (χ0) is 17.3. The molecule has 0 unspecified atom stereocenters. The summed E-state index contributed by atoms with van der Waals surface area (Å²) in [7, 11) is 0. The van der Waals surface area contributed by atoms with Gasteiger partial charge in [-0.1, -0.05) is 47.6 Å². The monoisotopic (exact) mass is 307 g/mol. The number of ether oxygens (including phenoxy) is 1. The van der Waals surface area contributed by atoms with Crippen LogP contribution >= 0.6 is 0 Å². The first-order valence-corrected chi connectivity index (χ1v) is 7.94. The van der Waals surface area contributed by atoms with Gasteiger partial charge in [-0.05, 0) is 58.4 Å². The molecule has 120 valence electrons. The minimum atomic E-state index is 0.0596. The van der Waals surface area contributed by atoms with Crippen molar-refractivity contribution in [2.45, 2.75) is 52.4 Å². The number of nitrogens with zero attached hydrogens (tertiary/aromatic N) is 1. The zero-order valence-corrected chi connectivity index (χ0v) is 14.9. The largest absolute Gasteiger partial charge is 0.457 e. The lowest BCUT2D eigenvalue weighted by atomic mass is 9.80. The highest BCUT2D eigenvalue weighted by molar-refractivity contribution is 5.43. The molecule has 23 heavy (non-hydrogen) atoms. The molecule has 0 aromatic heterocycles. The molecule has 0 saturated heterocycles. The lowest BCUT2D eigenvalue weighted by molar-refractivity contribution is 0.473. The Bertz CT molecular complexity index is 690. The van der Waals surface area contributed by atoms with Gasteiger partial charge in [-0.25, -0.2) is 0 Å². The molecule has 0 spiro atoms. The van der Waals surface area contributed by atoms with Crippen LogP contribution in [0.4, 0.5) is 0 Å². The minimum absolute atomic E-state index is 0.0596. The Hall–Kier alpha value is -2.27. The summed E-state index contributed by atoms with van der Waals surface area (Å²) < 4.78 is 6.04. The van der Waals surface area contributed by atoms with Crippen molar-refractivity contribution in [2.24, 2.45) is 0 Å². The van der Waals surface area contributed by atoms with E-state index in [1.807, 2.05) is 12.1 Å². The van der Waals surface area contributed by atoms with Crippen molar-refractivity contribution >= 4 is 0 Å². The summed E-state index contributed by atoms with van der Waals surface area (Å²) in [5.41, 5.74) is 3.27. The van der Waals surface area contributed by atoms with Gasteiger partial charge in [0.25, 0.3) is 0 Å². The summed E-state index contributed by atoms with van der Waals surface area (Å²) in [6.45, 7) is 13.3. The lowest BCUT2D eigenvalue weighted by Gasteiger charge is -2.26. The van der Waals surface area contributed by atoms with Crippen LogP contribution in [0, 0.1) is 11.3 Å². The highest BCUT2D eigenvalue weighted by atomic mass is 16.5. The predicted octanol–water partition coefficient (Wildman–Crippen LogP) is 5.95. The van der Waals surface area contributed by atoms with Crippen LogP contribution in [0.25, 0.3) is 0 Å². The van der Waals surface area contributed by atoms with Gasteiger partial charge in [0.05, 0.1) is 11.6 Å². The fourth-order valence-electron chi connectivity index (χ4n) is 2.26. The van der Waals surface area contributed by atoms with Crippen molar-refractivity contribution in [3.63, 3.8) is 0 Å². The van der Waals surface area contributed by atoms with E-state index in [9.17, 15) is 0 Å². The van der Waals surface area contributed by atoms with Gasteiger partial charge in [-0.2, -0.15) is 5.26 Å². The molecule has 0 bridgehead atoms. The van der Waals surface area contributed by atoms with Crippen LogP contribution < -0.4 is 4.74 Å². The van der Waals surface area contributed by atoms with Crippen molar-refractivity contribution < 1.29 is 4.74 Å². The second-order valence-electron chi connectivity index (χ2n) is 7.98. The van der Waals surface area contributed by atoms with Crippen LogP contribution in [0.15, 0.2) is 42.5 Å². The van der Waals surface area contributed by atoms with Crippen LogP contribution in [0.3, 0.4) is 0 Å². The first-order valence-electron chi connectivity index (χ1n) is 7.94. The summed E-state index contributed by atoms with van der Waals surface area (Å²) >= 11 is 0. The van der Waals surface area contributed by atoms with Crippen LogP contribution in [0.2, 0.25) is 0 Å². The molecule has 0 fully saturated rings. The van der Waals surface area contributed by atoms with Crippen molar-refractivity contribution in [1.82, 2.24) is 0 Å². The van der Waals surface area contributed by atoms with Crippen LogP contribution in [-0.2, 0) is 10.8 Å². The maximum Gasteiger partial charge on any atom is 0.128 e. The fourth-order valence-corrected chi connectivity index (χ4v) is 2.26. The molecule has 0 aliphatic rings. The molecule has 2 aromatic rings. The first-order chi connectivity index (χ1) is 10.6. The van der Waals surface area contributed by atoms with E-state index in [4.69, 9.17) is 10.00 Å². The molecule has 2 nitrogen and oxygen atoms in total. The average Bonchev–Trinajstić information content (AvgIpc) is 2.46. The van der Waals surface area contributed by atoms with Gasteiger partial charge in [0, 0.05) is 0 Å². The molecule has 0 heterocycles. The van der Waals surface area contributed by atoms with Gasteiger partial charge in [-0.15, -0.1) is 0 Å². The quantitative estimate of drug-likeness (QED) is 0.687. The summed E-state index contributed by atoms with van der Waals surface area (Å²) in [5, 5.41) is 8.88. The van der Waals surface area contributed by atoms with Crippen molar-refractivity contribution in [2.75, 3.05) is 0 Å². The SMILES string of the molecule is CC(C)(C)c1cc(Oc2ccc(C#N)cc2)cc(C(C)(C)C)c1. The van der Waals surface area contributed by atoms with Crippen molar-refractivity contribution in [1.29, 1.82) is 5.26 Å². The van der Waals surface area contributed by atoms with E-state index < -0.39 is 0 Å². The molecular weight excluding hydrogens is 282 g/mol. The average molecular weight is 307 g/mol. The van der Waals surface area contributed by atoms with E-state index in [-0.39, 0.29) is 10.8 Å². The first kappa shape index (κ1) is 17.1. The Morgan fingerprint density at radius 3 is 1.61 bits per heavy atom. The number of hydrogen-bond donors (Lipinski definition) is 0. The number of benzene rings is 2. The van der Waals surface area contributed by atoms with Crippen LogP contribution in [0.5, 0.6) is 11.5 Å². The normalized spacial score (nSPS) is 11.9. The molecule has 2 aromatic carbocycles. The van der Waals surface area contributed by atoms with E-state index >= 15 is 0 Å². The summed E-state index contributed by atoms with van der Waals surface area (Å²) in [4.78, 5) is 0. The molecule has 0 N–H and O–H groups in total. The topological polar surface area (TPSA) is 33.0 Å². The smallest absolute Gasteiger partial charge is 0.128 e. The zero-order valence-electron chi connectivity index (χ0n) is 14.9. The number of nitriles is 1. The highest BCUT2D eigenvalue weighted by Gasteiger charge is 2.21. The van der Waals surface area contributed by atoms with E-state index in [1.165, 1.54) is 11.1 Å². The fraction of sp³-hybridized carbons (Fsp3) is 0.381. The Kier molecular flexibility index (Phi) is 4.52. The summed E-state index contributed by atoms with van der Waals surface area (Å²) in [5.74, 6) is 1.59.